The van der Waals surface area contributed by atoms with Crippen molar-refractivity contribution in [2.75, 3.05) is 11.9 Å². The third kappa shape index (κ3) is 3.71. The van der Waals surface area contributed by atoms with Gasteiger partial charge in [0, 0.05) is 18.4 Å². The average Bonchev–Trinajstić information content (AvgIpc) is 2.76. The molecule has 2 heterocycles. The molecule has 4 rings (SSSR count). The maximum absolute atomic E-state index is 13.4. The minimum atomic E-state index is -0.660. The first kappa shape index (κ1) is 21.2. The molecule has 162 valence electrons. The largest absolute Gasteiger partial charge is 0.337 e. The van der Waals surface area contributed by atoms with Crippen molar-refractivity contribution in [3.63, 3.8) is 0 Å². The van der Waals surface area contributed by atoms with Crippen molar-refractivity contribution >= 4 is 22.6 Å². The van der Waals surface area contributed by atoms with Crippen molar-refractivity contribution < 1.29 is 9.18 Å². The Hall–Kier alpha value is -4.07. The van der Waals surface area contributed by atoms with Crippen LogP contribution in [0.4, 0.5) is 10.1 Å². The van der Waals surface area contributed by atoms with Gasteiger partial charge in [0.05, 0.1) is 11.1 Å². The van der Waals surface area contributed by atoms with E-state index in [0.29, 0.717) is 22.6 Å². The van der Waals surface area contributed by atoms with Gasteiger partial charge in [-0.15, -0.1) is 0 Å². The van der Waals surface area contributed by atoms with E-state index >= 15 is 0 Å². The average molecular weight is 432 g/mol. The molecule has 1 amide bonds. The van der Waals surface area contributed by atoms with Gasteiger partial charge in [-0.1, -0.05) is 18.2 Å². The molecular weight excluding hydrogens is 411 g/mol. The number of benzene rings is 2. The minimum Gasteiger partial charge on any atom is -0.314 e. The molecule has 0 fully saturated rings. The molecule has 0 saturated heterocycles. The van der Waals surface area contributed by atoms with Crippen LogP contribution in [-0.2, 0) is 11.3 Å². The fourth-order valence-corrected chi connectivity index (χ4v) is 3.68. The summed E-state index contributed by atoms with van der Waals surface area (Å²) in [6.45, 7) is 3.09. The van der Waals surface area contributed by atoms with Crippen molar-refractivity contribution in [3.05, 3.63) is 98.6 Å². The highest BCUT2D eigenvalue weighted by Crippen LogP contribution is 2.17. The summed E-state index contributed by atoms with van der Waals surface area (Å²) >= 11 is 0. The lowest BCUT2D eigenvalue weighted by Crippen LogP contribution is -2.44. The minimum absolute atomic E-state index is 0.249. The van der Waals surface area contributed by atoms with Crippen LogP contribution in [0.2, 0.25) is 0 Å². The standard InChI is InChI=1S/C24H21FN4O3/c1-15-13-16(2)26-22-21(15)23(31)28(24(32)29(22)19-7-5-4-6-8-19)14-20(30)27(3)18-11-9-17(25)10-12-18/h4-13H,14H2,1-3H3. The van der Waals surface area contributed by atoms with Crippen LogP contribution in [0, 0.1) is 19.7 Å². The lowest BCUT2D eigenvalue weighted by Gasteiger charge is -2.19. The molecule has 0 aliphatic carbocycles. The van der Waals surface area contributed by atoms with Crippen LogP contribution in [0.3, 0.4) is 0 Å². The number of amides is 1. The van der Waals surface area contributed by atoms with E-state index in [0.717, 1.165) is 4.57 Å². The number of likely N-dealkylation sites (N-methyl/N-ethyl adjacent to an activating group) is 1. The van der Waals surface area contributed by atoms with Crippen LogP contribution in [-0.4, -0.2) is 27.1 Å². The number of carbonyl (C=O) groups is 1. The van der Waals surface area contributed by atoms with Crippen molar-refractivity contribution in [1.82, 2.24) is 14.1 Å². The number of carbonyl (C=O) groups excluding carboxylic acids is 1. The van der Waals surface area contributed by atoms with Crippen LogP contribution in [0.15, 0.2) is 70.3 Å². The van der Waals surface area contributed by atoms with E-state index < -0.39 is 29.5 Å². The van der Waals surface area contributed by atoms with Gasteiger partial charge >= 0.3 is 5.69 Å². The Labute approximate surface area is 183 Å². The lowest BCUT2D eigenvalue weighted by atomic mass is 10.1. The van der Waals surface area contributed by atoms with Gasteiger partial charge in [0.25, 0.3) is 5.56 Å². The van der Waals surface area contributed by atoms with Crippen LogP contribution < -0.4 is 16.1 Å². The van der Waals surface area contributed by atoms with Gasteiger partial charge in [-0.25, -0.2) is 23.3 Å². The Bertz CT molecular complexity index is 1440. The zero-order chi connectivity index (χ0) is 23.0. The second kappa shape index (κ2) is 8.22. The Morgan fingerprint density at radius 2 is 1.69 bits per heavy atom. The highest BCUT2D eigenvalue weighted by molar-refractivity contribution is 5.92. The van der Waals surface area contributed by atoms with Gasteiger partial charge in [-0.3, -0.25) is 9.59 Å². The van der Waals surface area contributed by atoms with Crippen LogP contribution >= 0.6 is 0 Å². The first-order valence-corrected chi connectivity index (χ1v) is 9.99. The molecule has 2 aromatic carbocycles. The van der Waals surface area contributed by atoms with Gasteiger partial charge < -0.3 is 4.90 Å². The van der Waals surface area contributed by atoms with Gasteiger partial charge in [0.15, 0.2) is 5.65 Å². The highest BCUT2D eigenvalue weighted by Gasteiger charge is 2.21. The van der Waals surface area contributed by atoms with Gasteiger partial charge in [0.2, 0.25) is 5.91 Å². The van der Waals surface area contributed by atoms with E-state index in [4.69, 9.17) is 0 Å². The smallest absolute Gasteiger partial charge is 0.314 e. The number of para-hydroxylation sites is 1. The summed E-state index contributed by atoms with van der Waals surface area (Å²) in [5.74, 6) is -0.920. The van der Waals surface area contributed by atoms with Crippen molar-refractivity contribution in [1.29, 1.82) is 0 Å². The predicted molar refractivity (Wildman–Crippen MR) is 121 cm³/mol. The molecular formula is C24H21FN4O3. The summed E-state index contributed by atoms with van der Waals surface area (Å²) in [6.07, 6.45) is 0. The Morgan fingerprint density at radius 3 is 2.34 bits per heavy atom. The monoisotopic (exact) mass is 432 g/mol. The molecule has 0 radical (unpaired) electrons. The number of aromatic nitrogens is 3. The van der Waals surface area contributed by atoms with E-state index in [9.17, 15) is 18.8 Å². The van der Waals surface area contributed by atoms with Crippen molar-refractivity contribution in [3.8, 4) is 5.69 Å². The Balaban J connectivity index is 1.90. The molecule has 0 unspecified atom stereocenters. The number of aryl methyl sites for hydroxylation is 2. The molecule has 4 aromatic rings. The number of hydrogen-bond acceptors (Lipinski definition) is 4. The second-order valence-corrected chi connectivity index (χ2v) is 7.55. The first-order chi connectivity index (χ1) is 15.3. The molecule has 0 spiro atoms. The molecule has 2 aromatic heterocycles. The van der Waals surface area contributed by atoms with Crippen molar-refractivity contribution in [2.24, 2.45) is 0 Å². The Morgan fingerprint density at radius 1 is 1.03 bits per heavy atom. The molecule has 0 aliphatic rings. The molecule has 0 saturated carbocycles. The van der Waals surface area contributed by atoms with Gasteiger partial charge in [-0.05, 0) is 61.9 Å². The maximum Gasteiger partial charge on any atom is 0.337 e. The molecule has 0 atom stereocenters. The number of rotatable bonds is 4. The third-order valence-electron chi connectivity index (χ3n) is 5.31. The molecule has 0 bridgehead atoms. The van der Waals surface area contributed by atoms with Crippen molar-refractivity contribution in [2.45, 2.75) is 20.4 Å². The summed E-state index contributed by atoms with van der Waals surface area (Å²) in [5, 5.41) is 0.274. The molecule has 32 heavy (non-hydrogen) atoms. The number of halogens is 1. The number of pyridine rings is 1. The summed E-state index contributed by atoms with van der Waals surface area (Å²) in [5.41, 5.74) is 1.32. The highest BCUT2D eigenvalue weighted by atomic mass is 19.1. The normalized spacial score (nSPS) is 11.0. The van der Waals surface area contributed by atoms with Crippen LogP contribution in [0.1, 0.15) is 11.3 Å². The predicted octanol–water partition coefficient (Wildman–Crippen LogP) is 2.97. The summed E-state index contributed by atoms with van der Waals surface area (Å²) in [7, 11) is 1.51. The van der Waals surface area contributed by atoms with E-state index in [1.807, 2.05) is 6.07 Å². The molecule has 7 nitrogen and oxygen atoms in total. The molecule has 8 heteroatoms. The Kier molecular flexibility index (Phi) is 5.44. The quantitative estimate of drug-likeness (QED) is 0.497. The second-order valence-electron chi connectivity index (χ2n) is 7.55. The zero-order valence-electron chi connectivity index (χ0n) is 17.9. The zero-order valence-corrected chi connectivity index (χ0v) is 17.9. The number of fused-ring (bicyclic) bond motifs is 1. The number of nitrogens with zero attached hydrogens (tertiary/aromatic N) is 4. The summed E-state index contributed by atoms with van der Waals surface area (Å²) in [6, 6.07) is 16.0. The number of hydrogen-bond donors (Lipinski definition) is 0. The third-order valence-corrected chi connectivity index (χ3v) is 5.31. The van der Waals surface area contributed by atoms with Gasteiger partial charge in [-0.2, -0.15) is 0 Å². The fraction of sp³-hybridized carbons (Fsp3) is 0.167. The SMILES string of the molecule is Cc1cc(C)c2c(=O)n(CC(=O)N(C)c3ccc(F)cc3)c(=O)n(-c3ccccc3)c2n1. The van der Waals surface area contributed by atoms with Gasteiger partial charge in [0.1, 0.15) is 12.4 Å². The van der Waals surface area contributed by atoms with Crippen LogP contribution in [0.25, 0.3) is 16.7 Å². The van der Waals surface area contributed by atoms with E-state index in [1.165, 1.54) is 40.8 Å². The summed E-state index contributed by atoms with van der Waals surface area (Å²) in [4.78, 5) is 45.4. The van der Waals surface area contributed by atoms with E-state index in [2.05, 4.69) is 4.98 Å². The molecule has 0 aliphatic heterocycles. The fourth-order valence-electron chi connectivity index (χ4n) is 3.68. The first-order valence-electron chi connectivity index (χ1n) is 9.99. The number of anilines is 1. The topological polar surface area (TPSA) is 77.2 Å². The summed E-state index contributed by atoms with van der Waals surface area (Å²) < 4.78 is 15.5. The molecule has 0 N–H and O–H groups in total. The van der Waals surface area contributed by atoms with E-state index in [1.54, 1.807) is 44.2 Å². The van der Waals surface area contributed by atoms with Crippen LogP contribution in [0.5, 0.6) is 0 Å². The van der Waals surface area contributed by atoms with E-state index in [-0.39, 0.29) is 11.0 Å². The lowest BCUT2D eigenvalue weighted by molar-refractivity contribution is -0.119. The maximum atomic E-state index is 13.4.